The molecule has 0 spiro atoms. The van der Waals surface area contributed by atoms with Crippen molar-refractivity contribution in [3.63, 3.8) is 0 Å². The van der Waals surface area contributed by atoms with Gasteiger partial charge in [-0.2, -0.15) is 0 Å². The zero-order chi connectivity index (χ0) is 54.7. The van der Waals surface area contributed by atoms with E-state index in [0.29, 0.717) is 12.1 Å². The molecule has 0 radical (unpaired) electrons. The molecule has 76 heavy (non-hydrogen) atoms. The molecular formula is C50H24F20N6. The summed E-state index contributed by atoms with van der Waals surface area (Å²) in [6.07, 6.45) is 0. The minimum absolute atomic E-state index is 0.366. The number of aromatic nitrogens is 4. The lowest BCUT2D eigenvalue weighted by atomic mass is 9.83. The Labute approximate surface area is 410 Å². The second-order valence-corrected chi connectivity index (χ2v) is 18.5. The predicted molar refractivity (Wildman–Crippen MR) is 228 cm³/mol. The highest BCUT2D eigenvalue weighted by atomic mass is 19.2. The van der Waals surface area contributed by atoms with Crippen molar-refractivity contribution in [3.05, 3.63) is 163 Å². The molecule has 26 heteroatoms. The summed E-state index contributed by atoms with van der Waals surface area (Å²) < 4.78 is 313. The molecule has 6 nitrogen and oxygen atoms in total. The van der Waals surface area contributed by atoms with Crippen LogP contribution in [0.3, 0.4) is 0 Å². The standard InChI is InChI=1S/C50H24F20N6/c1-75-7-11-13(9-75)49-26(25-33(57)41(65)46(70)42(66)34(25)58)50-14-10-76(2)8-12(14)48(74-50)21(24-31(55)39(63)45(69)40(64)32(24)56)18-6-4-16(72-18)19(22-27(51)35(59)43(67)36(60)28(22)52)15-3-5-17(71-15)20(47(11)73-49)23-29(53)37(61)44(68)38(62)30(23)54/h3-6,11-14,71-72H,7-10H2,1-2H3/t11-,12+,13+,14-. The second kappa shape index (κ2) is 17.5. The fourth-order valence-corrected chi connectivity index (χ4v) is 10.9. The fraction of sp³-hybridized carbons (Fsp3) is 0.200. The number of likely N-dealkylation sites (N-methyl/N-ethyl adjacent to an activating group) is 2. The highest BCUT2D eigenvalue weighted by Crippen LogP contribution is 2.55. The second-order valence-electron chi connectivity index (χ2n) is 18.5. The first kappa shape index (κ1) is 50.7. The van der Waals surface area contributed by atoms with Crippen molar-refractivity contribution in [1.29, 1.82) is 0 Å². The summed E-state index contributed by atoms with van der Waals surface area (Å²) in [7, 11) is 2.76. The largest absolute Gasteiger partial charge is 0.354 e. The minimum atomic E-state index is -2.69. The molecule has 394 valence electrons. The van der Waals surface area contributed by atoms with Crippen LogP contribution in [0.4, 0.5) is 87.8 Å². The lowest BCUT2D eigenvalue weighted by Crippen LogP contribution is -2.17. The van der Waals surface area contributed by atoms with Crippen LogP contribution < -0.4 is 0 Å². The lowest BCUT2D eigenvalue weighted by molar-refractivity contribution is 0.380. The third kappa shape index (κ3) is 6.96. The van der Waals surface area contributed by atoms with Crippen molar-refractivity contribution in [3.8, 4) is 44.5 Å². The minimum Gasteiger partial charge on any atom is -0.354 e. The van der Waals surface area contributed by atoms with Gasteiger partial charge in [0, 0.05) is 94.2 Å². The Hall–Kier alpha value is -7.48. The zero-order valence-corrected chi connectivity index (χ0v) is 37.8. The monoisotopic (exact) mass is 1090 g/mol. The maximum atomic E-state index is 16.6. The van der Waals surface area contributed by atoms with Crippen LogP contribution >= 0.6 is 0 Å². The molecule has 0 saturated carbocycles. The van der Waals surface area contributed by atoms with Crippen LogP contribution in [0.5, 0.6) is 0 Å². The molecule has 7 heterocycles. The molecule has 0 amide bonds. The number of fused-ring (bicyclic) bond motifs is 14. The van der Waals surface area contributed by atoms with Gasteiger partial charge in [-0.1, -0.05) is 0 Å². The molecule has 7 aromatic rings. The third-order valence-corrected chi connectivity index (χ3v) is 14.2. The van der Waals surface area contributed by atoms with Gasteiger partial charge >= 0.3 is 0 Å². The molecule has 0 aliphatic carbocycles. The molecule has 2 N–H and O–H groups in total. The smallest absolute Gasteiger partial charge is 0.200 e. The number of hydrogen-bond donors (Lipinski definition) is 2. The molecule has 0 unspecified atom stereocenters. The fourth-order valence-electron chi connectivity index (χ4n) is 10.9. The average molecular weight is 1090 g/mol. The maximum Gasteiger partial charge on any atom is 0.200 e. The Morgan fingerprint density at radius 3 is 0.711 bits per heavy atom. The van der Waals surface area contributed by atoms with E-state index >= 15 is 70.2 Å². The maximum absolute atomic E-state index is 16.6. The van der Waals surface area contributed by atoms with Crippen molar-refractivity contribution in [1.82, 2.24) is 29.7 Å². The van der Waals surface area contributed by atoms with Gasteiger partial charge in [0.05, 0.1) is 45.0 Å². The Balaban J connectivity index is 1.48. The van der Waals surface area contributed by atoms with E-state index in [2.05, 4.69) is 19.9 Å². The highest BCUT2D eigenvalue weighted by molar-refractivity contribution is 5.97. The highest BCUT2D eigenvalue weighted by Gasteiger charge is 2.49. The Morgan fingerprint density at radius 1 is 0.276 bits per heavy atom. The van der Waals surface area contributed by atoms with E-state index in [1.54, 1.807) is 0 Å². The molecule has 11 rings (SSSR count). The molecule has 4 aliphatic rings. The number of halogens is 20. The lowest BCUT2D eigenvalue weighted by Gasteiger charge is -2.18. The van der Waals surface area contributed by atoms with Gasteiger partial charge < -0.3 is 19.8 Å². The van der Waals surface area contributed by atoms with Crippen LogP contribution in [0.15, 0.2) is 24.3 Å². The molecular weight excluding hydrogens is 1060 g/mol. The van der Waals surface area contributed by atoms with E-state index in [1.165, 1.54) is 23.9 Å². The zero-order valence-electron chi connectivity index (χ0n) is 37.8. The van der Waals surface area contributed by atoms with Crippen molar-refractivity contribution in [2.75, 3.05) is 40.3 Å². The summed E-state index contributed by atoms with van der Waals surface area (Å²) in [5.41, 5.74) is -18.2. The summed E-state index contributed by atoms with van der Waals surface area (Å²) in [5.74, 6) is -57.7. The first-order valence-corrected chi connectivity index (χ1v) is 22.1. The molecule has 8 bridgehead atoms. The normalized spacial score (nSPS) is 18.6. The molecule has 2 fully saturated rings. The first-order valence-electron chi connectivity index (χ1n) is 22.1. The Bertz CT molecular complexity index is 3650. The average Bonchev–Trinajstić information content (AvgIpc) is 4.35. The van der Waals surface area contributed by atoms with Gasteiger partial charge in [0.1, 0.15) is 0 Å². The van der Waals surface area contributed by atoms with Gasteiger partial charge in [-0.15, -0.1) is 0 Å². The quantitative estimate of drug-likeness (QED) is 0.105. The Kier molecular flexibility index (Phi) is 11.7. The number of likely N-dealkylation sites (tertiary alicyclic amines) is 2. The van der Waals surface area contributed by atoms with Crippen molar-refractivity contribution in [2.45, 2.75) is 23.7 Å². The van der Waals surface area contributed by atoms with E-state index in [-0.39, 0.29) is 26.2 Å². The van der Waals surface area contributed by atoms with Crippen molar-refractivity contribution >= 4 is 22.1 Å². The van der Waals surface area contributed by atoms with E-state index in [0.717, 1.165) is 12.1 Å². The van der Waals surface area contributed by atoms with Crippen LogP contribution in [0.1, 0.15) is 46.4 Å². The summed E-state index contributed by atoms with van der Waals surface area (Å²) >= 11 is 0. The van der Waals surface area contributed by atoms with Gasteiger partial charge in [0.25, 0.3) is 0 Å². The van der Waals surface area contributed by atoms with Crippen molar-refractivity contribution < 1.29 is 87.8 Å². The van der Waals surface area contributed by atoms with Crippen LogP contribution in [0.25, 0.3) is 66.6 Å². The van der Waals surface area contributed by atoms with Gasteiger partial charge in [0.2, 0.25) is 23.3 Å². The van der Waals surface area contributed by atoms with Crippen molar-refractivity contribution in [2.24, 2.45) is 0 Å². The van der Waals surface area contributed by atoms with Crippen LogP contribution in [0.2, 0.25) is 0 Å². The van der Waals surface area contributed by atoms with Gasteiger partial charge in [-0.25, -0.2) is 87.8 Å². The summed E-state index contributed by atoms with van der Waals surface area (Å²) in [4.78, 5) is 16.6. The number of rotatable bonds is 4. The molecule has 4 aromatic carbocycles. The number of hydrogen-bond acceptors (Lipinski definition) is 4. The van der Waals surface area contributed by atoms with Crippen LogP contribution in [0, 0.1) is 116 Å². The summed E-state index contributed by atoms with van der Waals surface area (Å²) in [5, 5.41) is 0. The van der Waals surface area contributed by atoms with Gasteiger partial charge in [-0.05, 0) is 38.4 Å². The van der Waals surface area contributed by atoms with E-state index < -0.39 is 229 Å². The molecule has 4 atom stereocenters. The predicted octanol–water partition coefficient (Wildman–Crippen LogP) is 13.4. The molecule has 2 saturated heterocycles. The Morgan fingerprint density at radius 2 is 0.461 bits per heavy atom. The van der Waals surface area contributed by atoms with Gasteiger partial charge in [-0.3, -0.25) is 9.97 Å². The SMILES string of the molecule is CN1C[C@@H]2c3nc(c(-c4c(F)c(F)c(F)c(F)c4F)c4nc(c(-c5c(F)c(F)c(F)c(F)c5F)c5ccc([nH]5)c(-c5c(F)c(F)c(F)c(F)c5F)c5ccc([nH]5)c3-c3c(F)c(F)c(F)c(F)c3F)[C@@H]3CN(C)C[C@H]43)[C@@H]2C1. The summed E-state index contributed by atoms with van der Waals surface area (Å²) in [6, 6.07) is 2.89. The van der Waals surface area contributed by atoms with E-state index in [1.807, 2.05) is 0 Å². The number of nitrogens with one attached hydrogen (secondary N) is 2. The summed E-state index contributed by atoms with van der Waals surface area (Å²) in [6.45, 7) is -1.47. The number of H-pyrrole nitrogens is 2. The van der Waals surface area contributed by atoms with Crippen LogP contribution in [-0.4, -0.2) is 70.0 Å². The number of nitrogens with zero attached hydrogens (tertiary/aromatic N) is 4. The molecule has 4 aliphatic heterocycles. The first-order chi connectivity index (χ1) is 35.9. The van der Waals surface area contributed by atoms with Crippen LogP contribution in [-0.2, 0) is 0 Å². The number of aromatic amines is 2. The number of benzene rings is 4. The van der Waals surface area contributed by atoms with E-state index in [4.69, 9.17) is 0 Å². The third-order valence-electron chi connectivity index (χ3n) is 14.2. The van der Waals surface area contributed by atoms with E-state index in [9.17, 15) is 17.6 Å². The topological polar surface area (TPSA) is 63.8 Å². The molecule has 3 aromatic heterocycles. The van der Waals surface area contributed by atoms with Gasteiger partial charge in [0.15, 0.2) is 93.1 Å².